The van der Waals surface area contributed by atoms with E-state index < -0.39 is 20.5 Å². The van der Waals surface area contributed by atoms with Crippen LogP contribution in [0, 0.1) is 11.2 Å². The van der Waals surface area contributed by atoms with Gasteiger partial charge in [-0.1, -0.05) is 11.6 Å². The number of hydrogen-bond acceptors (Lipinski definition) is 6. The number of allylic oxidation sites excluding steroid dienone is 1. The molecule has 2 aromatic carbocycles. The quantitative estimate of drug-likeness (QED) is 0.309. The van der Waals surface area contributed by atoms with Gasteiger partial charge in [-0.3, -0.25) is 9.78 Å². The first-order chi connectivity index (χ1) is 18.8. The number of ether oxygens (including phenoxy) is 1. The fraction of sp³-hybridized carbons (Fsp3) is 0.233. The zero-order valence-electron chi connectivity index (χ0n) is 21.2. The van der Waals surface area contributed by atoms with E-state index in [0.29, 0.717) is 36.4 Å². The number of ketones is 1. The van der Waals surface area contributed by atoms with Crippen LogP contribution in [0.5, 0.6) is 5.75 Å². The summed E-state index contributed by atoms with van der Waals surface area (Å²) in [5.74, 6) is 0.0428. The van der Waals surface area contributed by atoms with Crippen LogP contribution in [-0.2, 0) is 16.3 Å². The number of methoxy groups -OCH3 is 1. The number of aromatic nitrogens is 3. The van der Waals surface area contributed by atoms with Crippen molar-refractivity contribution in [3.63, 3.8) is 0 Å². The van der Waals surface area contributed by atoms with Crippen LogP contribution in [0.2, 0.25) is 0 Å². The van der Waals surface area contributed by atoms with Crippen LogP contribution < -0.4 is 4.74 Å². The van der Waals surface area contributed by atoms with E-state index in [0.717, 1.165) is 16.8 Å². The first-order valence-corrected chi connectivity index (χ1v) is 14.2. The molecule has 0 unspecified atom stereocenters. The Kier molecular flexibility index (Phi) is 6.18. The zero-order chi connectivity index (χ0) is 27.2. The average molecular weight is 544 g/mol. The molecule has 1 fully saturated rings. The molecule has 7 nitrogen and oxygen atoms in total. The smallest absolute Gasteiger partial charge is 0.191 e. The monoisotopic (exact) mass is 543 g/mol. The Balaban J connectivity index is 1.43. The molecule has 0 spiro atoms. The van der Waals surface area contributed by atoms with E-state index in [1.165, 1.54) is 19.2 Å². The van der Waals surface area contributed by atoms with Crippen LogP contribution >= 0.6 is 0 Å². The highest BCUT2D eigenvalue weighted by Gasteiger charge is 2.52. The summed E-state index contributed by atoms with van der Waals surface area (Å²) >= 11 is 0. The summed E-state index contributed by atoms with van der Waals surface area (Å²) in [5.41, 5.74) is 2.46. The van der Waals surface area contributed by atoms with E-state index in [2.05, 4.69) is 10.1 Å². The first kappa shape index (κ1) is 25.2. The van der Waals surface area contributed by atoms with Gasteiger partial charge < -0.3 is 4.74 Å². The van der Waals surface area contributed by atoms with Crippen molar-refractivity contribution in [2.75, 3.05) is 7.11 Å². The Labute approximate surface area is 225 Å². The van der Waals surface area contributed by atoms with Crippen LogP contribution in [0.1, 0.15) is 41.0 Å². The van der Waals surface area contributed by atoms with Crippen LogP contribution in [0.15, 0.2) is 89.6 Å². The third kappa shape index (κ3) is 4.27. The second-order valence-electron chi connectivity index (χ2n) is 10.0. The molecule has 0 radical (unpaired) electrons. The van der Waals surface area contributed by atoms with E-state index in [9.17, 15) is 17.6 Å². The number of halogens is 1. The molecule has 0 bridgehead atoms. The number of nitrogens with zero attached hydrogens (tertiary/aromatic N) is 3. The zero-order valence-corrected chi connectivity index (χ0v) is 22.1. The van der Waals surface area contributed by atoms with Crippen molar-refractivity contribution in [3.8, 4) is 11.4 Å². The van der Waals surface area contributed by atoms with Gasteiger partial charge in [0.25, 0.3) is 0 Å². The molecule has 4 aromatic rings. The number of benzene rings is 2. The second-order valence-corrected chi connectivity index (χ2v) is 12.2. The van der Waals surface area contributed by atoms with Crippen molar-refractivity contribution >= 4 is 21.7 Å². The molecule has 1 saturated carbocycles. The fourth-order valence-corrected chi connectivity index (χ4v) is 7.65. The Morgan fingerprint density at radius 3 is 2.54 bits per heavy atom. The maximum Gasteiger partial charge on any atom is 0.191 e. The number of hydrogen-bond donors (Lipinski definition) is 0. The summed E-state index contributed by atoms with van der Waals surface area (Å²) in [7, 11) is -2.19. The molecule has 2 aliphatic rings. The Hall–Kier alpha value is -4.11. The minimum atomic E-state index is -3.72. The van der Waals surface area contributed by atoms with Crippen LogP contribution in [-0.4, -0.2) is 41.3 Å². The molecule has 39 heavy (non-hydrogen) atoms. The molecule has 0 N–H and O–H groups in total. The van der Waals surface area contributed by atoms with Gasteiger partial charge in [0, 0.05) is 6.20 Å². The lowest BCUT2D eigenvalue weighted by Crippen LogP contribution is -2.45. The van der Waals surface area contributed by atoms with Crippen molar-refractivity contribution in [2.24, 2.45) is 5.41 Å². The molecule has 2 atom stereocenters. The Morgan fingerprint density at radius 1 is 1.08 bits per heavy atom. The van der Waals surface area contributed by atoms with Crippen molar-refractivity contribution in [2.45, 2.75) is 35.8 Å². The minimum Gasteiger partial charge on any atom is -0.497 e. The van der Waals surface area contributed by atoms with E-state index in [4.69, 9.17) is 4.74 Å². The summed E-state index contributed by atoms with van der Waals surface area (Å²) in [5, 5.41) is 3.80. The molecular weight excluding hydrogens is 517 g/mol. The minimum absolute atomic E-state index is 0.143. The molecular formula is C30H26FN3O4S. The van der Waals surface area contributed by atoms with E-state index in [1.54, 1.807) is 71.7 Å². The third-order valence-corrected chi connectivity index (χ3v) is 10.1. The first-order valence-electron chi connectivity index (χ1n) is 12.7. The molecule has 0 aliphatic heterocycles. The van der Waals surface area contributed by atoms with Gasteiger partial charge in [0.2, 0.25) is 0 Å². The third-order valence-electron chi connectivity index (χ3n) is 7.85. The number of pyridine rings is 1. The molecule has 9 heteroatoms. The number of fused-ring (bicyclic) bond motifs is 2. The number of carbonyl (C=O) groups is 1. The molecule has 2 aliphatic carbocycles. The highest BCUT2D eigenvalue weighted by molar-refractivity contribution is 7.92. The summed E-state index contributed by atoms with van der Waals surface area (Å²) in [4.78, 5) is 18.7. The Morgan fingerprint density at radius 2 is 1.85 bits per heavy atom. The fourth-order valence-electron chi connectivity index (χ4n) is 5.82. The number of sulfone groups is 1. The molecule has 2 aromatic heterocycles. The summed E-state index contributed by atoms with van der Waals surface area (Å²) < 4.78 is 48.0. The largest absolute Gasteiger partial charge is 0.497 e. The normalized spacial score (nSPS) is 20.5. The van der Waals surface area contributed by atoms with Crippen molar-refractivity contribution < 1.29 is 22.3 Å². The molecule has 198 valence electrons. The maximum atomic E-state index is 14.2. The average Bonchev–Trinajstić information content (AvgIpc) is 3.38. The molecule has 2 heterocycles. The highest BCUT2D eigenvalue weighted by Crippen LogP contribution is 2.51. The van der Waals surface area contributed by atoms with Gasteiger partial charge in [-0.15, -0.1) is 0 Å². The van der Waals surface area contributed by atoms with Gasteiger partial charge >= 0.3 is 0 Å². The standard InChI is InChI=1S/C30H26FN3O4S/c1-38-24-10-13-25(14-11-24)39(36,37)26-12-5-21-16-28-20(19-33-34(28)23-8-6-22(31)7-9-23)17-30(21,18-26)29(35)27-4-2-3-15-32-27/h2-4,6-11,13-16,19,26H,5,12,17-18H2,1H3/t26-,30-/m0/s1. The Bertz CT molecular complexity index is 1680. The molecule has 6 rings (SSSR count). The molecule has 0 amide bonds. The van der Waals surface area contributed by atoms with Crippen molar-refractivity contribution in [1.29, 1.82) is 0 Å². The second kappa shape index (κ2) is 9.57. The summed E-state index contributed by atoms with van der Waals surface area (Å²) in [6, 6.07) is 17.6. The lowest BCUT2D eigenvalue weighted by atomic mass is 9.61. The number of Topliss-reactive ketones (excluding diaryl/α,β-unsaturated/α-hetero) is 1. The predicted molar refractivity (Wildman–Crippen MR) is 144 cm³/mol. The topological polar surface area (TPSA) is 91.2 Å². The predicted octanol–water partition coefficient (Wildman–Crippen LogP) is 5.25. The van der Waals surface area contributed by atoms with Gasteiger partial charge in [-0.05, 0) is 98.0 Å². The lowest BCUT2D eigenvalue weighted by Gasteiger charge is -2.43. The molecule has 0 saturated heterocycles. The SMILES string of the molecule is COc1ccc(S(=O)(=O)[C@H]2CCC3=Cc4c(cnn4-c4ccc(F)cc4)C[C@]3(C(=O)c3ccccn3)C2)cc1. The lowest BCUT2D eigenvalue weighted by molar-refractivity contribution is 0.0796. The van der Waals surface area contributed by atoms with Gasteiger partial charge in [-0.25, -0.2) is 17.5 Å². The summed E-state index contributed by atoms with van der Waals surface area (Å²) in [6.45, 7) is 0. The van der Waals surface area contributed by atoms with Crippen molar-refractivity contribution in [3.05, 3.63) is 107 Å². The highest BCUT2D eigenvalue weighted by atomic mass is 32.2. The van der Waals surface area contributed by atoms with Crippen LogP contribution in [0.3, 0.4) is 0 Å². The van der Waals surface area contributed by atoms with Crippen LogP contribution in [0.4, 0.5) is 4.39 Å². The number of carbonyl (C=O) groups excluding carboxylic acids is 1. The van der Waals surface area contributed by atoms with E-state index in [1.807, 2.05) is 6.08 Å². The maximum absolute atomic E-state index is 14.2. The van der Waals surface area contributed by atoms with E-state index >= 15 is 0 Å². The van der Waals surface area contributed by atoms with Gasteiger partial charge in [0.1, 0.15) is 17.3 Å². The van der Waals surface area contributed by atoms with Gasteiger partial charge in [0.05, 0.1) is 40.2 Å². The summed E-state index contributed by atoms with van der Waals surface area (Å²) in [6.07, 6.45) is 6.52. The van der Waals surface area contributed by atoms with Crippen LogP contribution in [0.25, 0.3) is 11.8 Å². The van der Waals surface area contributed by atoms with Gasteiger partial charge in [0.15, 0.2) is 15.6 Å². The van der Waals surface area contributed by atoms with Gasteiger partial charge in [-0.2, -0.15) is 5.10 Å². The van der Waals surface area contributed by atoms with Crippen molar-refractivity contribution in [1.82, 2.24) is 14.8 Å². The number of rotatable bonds is 6. The van der Waals surface area contributed by atoms with E-state index in [-0.39, 0.29) is 22.9 Å².